The molecule has 1 spiro atoms. The van der Waals surface area contributed by atoms with E-state index in [1.807, 2.05) is 28.0 Å². The maximum absolute atomic E-state index is 12.7. The Kier molecular flexibility index (Phi) is 6.71. The van der Waals surface area contributed by atoms with Crippen LogP contribution in [-0.2, 0) is 15.7 Å². The first-order chi connectivity index (χ1) is 15.7. The van der Waals surface area contributed by atoms with Gasteiger partial charge in [-0.15, -0.1) is 0 Å². The number of morpholine rings is 1. The molecule has 6 nitrogen and oxygen atoms in total. The topological polar surface area (TPSA) is 61.9 Å². The number of alkyl halides is 3. The summed E-state index contributed by atoms with van der Waals surface area (Å²) in [4.78, 5) is 29.0. The first-order valence-electron chi connectivity index (χ1n) is 10.9. The van der Waals surface area contributed by atoms with Crippen molar-refractivity contribution in [1.29, 1.82) is 0 Å². The zero-order valence-electron chi connectivity index (χ0n) is 18.1. The highest BCUT2D eigenvalue weighted by molar-refractivity contribution is 5.94. The van der Waals surface area contributed by atoms with Crippen molar-refractivity contribution in [2.45, 2.75) is 24.6 Å². The van der Waals surface area contributed by atoms with Gasteiger partial charge in [-0.2, -0.15) is 13.2 Å². The van der Waals surface area contributed by atoms with E-state index in [0.29, 0.717) is 56.9 Å². The lowest BCUT2D eigenvalue weighted by Gasteiger charge is -2.47. The number of likely N-dealkylation sites (tertiary alicyclic amines) is 1. The van der Waals surface area contributed by atoms with E-state index in [0.717, 1.165) is 12.1 Å². The fraction of sp³-hybridized carbons (Fsp3) is 0.417. The van der Waals surface area contributed by atoms with Crippen molar-refractivity contribution < 1.29 is 27.5 Å². The van der Waals surface area contributed by atoms with Crippen LogP contribution in [0, 0.1) is 0 Å². The van der Waals surface area contributed by atoms with Gasteiger partial charge < -0.3 is 15.0 Å². The number of nitrogens with zero attached hydrogens (tertiary/aromatic N) is 2. The second-order valence-electron chi connectivity index (χ2n) is 8.52. The molecule has 2 aliphatic heterocycles. The Morgan fingerprint density at radius 1 is 0.970 bits per heavy atom. The number of carbonyl (C=O) groups excluding carboxylic acids is 2. The van der Waals surface area contributed by atoms with Gasteiger partial charge in [0.1, 0.15) is 0 Å². The molecule has 2 fully saturated rings. The summed E-state index contributed by atoms with van der Waals surface area (Å²) >= 11 is 0. The lowest BCUT2D eigenvalue weighted by Crippen LogP contribution is -2.58. The van der Waals surface area contributed by atoms with Crippen LogP contribution in [0.15, 0.2) is 54.6 Å². The molecule has 176 valence electrons. The number of halogens is 3. The number of anilines is 1. The Balaban J connectivity index is 1.29. The second kappa shape index (κ2) is 9.52. The van der Waals surface area contributed by atoms with Gasteiger partial charge in [-0.3, -0.25) is 14.5 Å². The Hall–Kier alpha value is -2.91. The Morgan fingerprint density at radius 2 is 1.64 bits per heavy atom. The molecule has 0 atom stereocenters. The van der Waals surface area contributed by atoms with Crippen LogP contribution >= 0.6 is 0 Å². The number of piperidine rings is 1. The summed E-state index contributed by atoms with van der Waals surface area (Å²) in [6.07, 6.45) is -3.04. The summed E-state index contributed by atoms with van der Waals surface area (Å²) in [7, 11) is 0. The van der Waals surface area contributed by atoms with Crippen molar-refractivity contribution in [3.05, 3.63) is 65.7 Å². The lowest BCUT2D eigenvalue weighted by atomic mass is 9.89. The number of rotatable bonds is 4. The van der Waals surface area contributed by atoms with Crippen LogP contribution < -0.4 is 5.32 Å². The first-order valence-corrected chi connectivity index (χ1v) is 10.9. The monoisotopic (exact) mass is 461 g/mol. The third-order valence-corrected chi connectivity index (χ3v) is 6.17. The highest BCUT2D eigenvalue weighted by Gasteiger charge is 2.41. The minimum Gasteiger partial charge on any atom is -0.372 e. The number of ether oxygens (including phenoxy) is 1. The van der Waals surface area contributed by atoms with Crippen LogP contribution in [0.4, 0.5) is 18.9 Å². The first kappa shape index (κ1) is 23.3. The molecule has 2 aromatic rings. The SMILES string of the molecule is O=C(CN1CCOC2(CCN(C(=O)c3ccccc3)CC2)C1)Nc1ccc(C(F)(F)F)cc1. The van der Waals surface area contributed by atoms with Crippen LogP contribution in [0.5, 0.6) is 0 Å². The third-order valence-electron chi connectivity index (χ3n) is 6.17. The summed E-state index contributed by atoms with van der Waals surface area (Å²) in [6.45, 7) is 2.94. The van der Waals surface area contributed by atoms with Crippen molar-refractivity contribution in [1.82, 2.24) is 9.80 Å². The van der Waals surface area contributed by atoms with Crippen LogP contribution in [-0.4, -0.2) is 66.5 Å². The molecule has 0 bridgehead atoms. The van der Waals surface area contributed by atoms with Crippen molar-refractivity contribution in [3.63, 3.8) is 0 Å². The average Bonchev–Trinajstić information content (AvgIpc) is 2.79. The van der Waals surface area contributed by atoms with E-state index >= 15 is 0 Å². The molecule has 2 heterocycles. The summed E-state index contributed by atoms with van der Waals surface area (Å²) < 4.78 is 44.2. The van der Waals surface area contributed by atoms with Crippen LogP contribution in [0.2, 0.25) is 0 Å². The fourth-order valence-electron chi connectivity index (χ4n) is 4.39. The van der Waals surface area contributed by atoms with E-state index in [-0.39, 0.29) is 18.4 Å². The molecule has 2 amide bonds. The molecule has 2 saturated heterocycles. The molecule has 0 unspecified atom stereocenters. The molecule has 2 aromatic carbocycles. The predicted molar refractivity (Wildman–Crippen MR) is 117 cm³/mol. The maximum Gasteiger partial charge on any atom is 0.416 e. The highest BCUT2D eigenvalue weighted by Crippen LogP contribution is 2.31. The van der Waals surface area contributed by atoms with E-state index in [1.165, 1.54) is 12.1 Å². The molecule has 4 rings (SSSR count). The Labute approximate surface area is 190 Å². The quantitative estimate of drug-likeness (QED) is 0.755. The number of benzene rings is 2. The zero-order valence-corrected chi connectivity index (χ0v) is 18.1. The van der Waals surface area contributed by atoms with Gasteiger partial charge in [-0.25, -0.2) is 0 Å². The van der Waals surface area contributed by atoms with Gasteiger partial charge in [-0.05, 0) is 49.2 Å². The summed E-state index contributed by atoms with van der Waals surface area (Å²) in [5, 5.41) is 2.66. The van der Waals surface area contributed by atoms with E-state index in [9.17, 15) is 22.8 Å². The van der Waals surface area contributed by atoms with Crippen molar-refractivity contribution >= 4 is 17.5 Å². The largest absolute Gasteiger partial charge is 0.416 e. The van der Waals surface area contributed by atoms with E-state index in [1.54, 1.807) is 12.1 Å². The summed E-state index contributed by atoms with van der Waals surface area (Å²) in [5.41, 5.74) is -0.170. The standard InChI is InChI=1S/C24H26F3N3O3/c25-24(26,27)19-6-8-20(9-7-19)28-21(31)16-29-14-15-33-23(17-29)10-12-30(13-11-23)22(32)18-4-2-1-3-5-18/h1-9H,10-17H2,(H,28,31). The second-order valence-corrected chi connectivity index (χ2v) is 8.52. The fourth-order valence-corrected chi connectivity index (χ4v) is 4.39. The summed E-state index contributed by atoms with van der Waals surface area (Å²) in [5.74, 6) is -0.280. The van der Waals surface area contributed by atoms with Crippen molar-refractivity contribution in [2.75, 3.05) is 44.6 Å². The van der Waals surface area contributed by atoms with Gasteiger partial charge in [0.25, 0.3) is 5.91 Å². The number of amides is 2. The van der Waals surface area contributed by atoms with Crippen molar-refractivity contribution in [2.24, 2.45) is 0 Å². The Bertz CT molecular complexity index is 972. The molecule has 0 aromatic heterocycles. The third kappa shape index (κ3) is 5.72. The molecule has 9 heteroatoms. The van der Waals surface area contributed by atoms with Gasteiger partial charge in [0, 0.05) is 37.4 Å². The van der Waals surface area contributed by atoms with Crippen LogP contribution in [0.1, 0.15) is 28.8 Å². The van der Waals surface area contributed by atoms with Crippen LogP contribution in [0.3, 0.4) is 0 Å². The molecule has 0 aliphatic carbocycles. The molecular weight excluding hydrogens is 435 g/mol. The van der Waals surface area contributed by atoms with Gasteiger partial charge in [0.2, 0.25) is 5.91 Å². The molecular formula is C24H26F3N3O3. The zero-order chi connectivity index (χ0) is 23.5. The van der Waals surface area contributed by atoms with Gasteiger partial charge in [-0.1, -0.05) is 18.2 Å². The smallest absolute Gasteiger partial charge is 0.372 e. The predicted octanol–water partition coefficient (Wildman–Crippen LogP) is 3.65. The highest BCUT2D eigenvalue weighted by atomic mass is 19.4. The van der Waals surface area contributed by atoms with Crippen LogP contribution in [0.25, 0.3) is 0 Å². The molecule has 33 heavy (non-hydrogen) atoms. The van der Waals surface area contributed by atoms with Gasteiger partial charge >= 0.3 is 6.18 Å². The van der Waals surface area contributed by atoms with E-state index in [4.69, 9.17) is 4.74 Å². The van der Waals surface area contributed by atoms with E-state index in [2.05, 4.69) is 5.32 Å². The van der Waals surface area contributed by atoms with Crippen molar-refractivity contribution in [3.8, 4) is 0 Å². The number of hydrogen-bond acceptors (Lipinski definition) is 4. The lowest BCUT2D eigenvalue weighted by molar-refractivity contribution is -0.139. The minimum absolute atomic E-state index is 0.00837. The number of hydrogen-bond donors (Lipinski definition) is 1. The normalized spacial score (nSPS) is 18.8. The molecule has 0 radical (unpaired) electrons. The number of carbonyl (C=O) groups is 2. The van der Waals surface area contributed by atoms with E-state index < -0.39 is 17.3 Å². The number of nitrogens with one attached hydrogen (secondary N) is 1. The minimum atomic E-state index is -4.41. The maximum atomic E-state index is 12.7. The Morgan fingerprint density at radius 3 is 2.27 bits per heavy atom. The molecule has 1 N–H and O–H groups in total. The molecule has 2 aliphatic rings. The van der Waals surface area contributed by atoms with Gasteiger partial charge in [0.15, 0.2) is 0 Å². The average molecular weight is 461 g/mol. The molecule has 0 saturated carbocycles. The van der Waals surface area contributed by atoms with Gasteiger partial charge in [0.05, 0.1) is 24.3 Å². The summed E-state index contributed by atoms with van der Waals surface area (Å²) in [6, 6.07) is 13.6.